The van der Waals surface area contributed by atoms with Crippen LogP contribution < -0.4 is 9.64 Å². The van der Waals surface area contributed by atoms with Gasteiger partial charge in [0.1, 0.15) is 11.5 Å². The van der Waals surface area contributed by atoms with Gasteiger partial charge in [0.15, 0.2) is 5.13 Å². The van der Waals surface area contributed by atoms with Gasteiger partial charge in [-0.05, 0) is 86.3 Å². The number of halogens is 1. The molecule has 0 spiro atoms. The number of anilines is 2. The number of aromatic nitrogens is 1. The summed E-state index contributed by atoms with van der Waals surface area (Å²) in [5.41, 5.74) is 1.92. The van der Waals surface area contributed by atoms with Crippen molar-refractivity contribution in [2.75, 3.05) is 12.0 Å². The topological polar surface area (TPSA) is 59.5 Å². The molecule has 192 valence electrons. The Morgan fingerprint density at radius 3 is 2.69 bits per heavy atom. The fraction of sp³-hybridized carbons (Fsp3) is 0.621. The highest BCUT2D eigenvalue weighted by molar-refractivity contribution is 7.16. The van der Waals surface area contributed by atoms with Gasteiger partial charge in [-0.3, -0.25) is 14.5 Å². The number of nitrogens with zero attached hydrogens (tertiary/aromatic N) is 2. The van der Waals surface area contributed by atoms with E-state index in [0.717, 1.165) is 50.6 Å². The van der Waals surface area contributed by atoms with E-state index in [-0.39, 0.29) is 16.7 Å². The number of amides is 1. The minimum absolute atomic E-state index is 0.0835. The van der Waals surface area contributed by atoms with Crippen LogP contribution in [-0.2, 0) is 16.0 Å². The molecule has 6 atom stereocenters. The smallest absolute Gasteiger partial charge is 0.230 e. The molecule has 6 rings (SSSR count). The fourth-order valence-electron chi connectivity index (χ4n) is 8.55. The van der Waals surface area contributed by atoms with Crippen LogP contribution in [0.5, 0.6) is 5.75 Å². The predicted octanol–water partition coefficient (Wildman–Crippen LogP) is 7.33. The van der Waals surface area contributed by atoms with E-state index in [4.69, 9.17) is 21.3 Å². The number of hydrogen-bond acceptors (Lipinski definition) is 5. The number of Topliss-reactive ketones (excluding diaryl/α,β-unsaturated/α-hetero) is 1. The molecule has 5 nitrogen and oxygen atoms in total. The van der Waals surface area contributed by atoms with Crippen LogP contribution in [0.2, 0.25) is 5.02 Å². The first-order valence-electron chi connectivity index (χ1n) is 13.3. The molecule has 0 saturated heterocycles. The predicted molar refractivity (Wildman–Crippen MR) is 143 cm³/mol. The van der Waals surface area contributed by atoms with E-state index in [9.17, 15) is 9.59 Å². The summed E-state index contributed by atoms with van der Waals surface area (Å²) in [4.78, 5) is 33.7. The van der Waals surface area contributed by atoms with Crippen LogP contribution in [-0.4, -0.2) is 23.8 Å². The molecule has 4 aliphatic rings. The molecular formula is C29H35ClN2O3S. The fourth-order valence-corrected chi connectivity index (χ4v) is 10.2. The van der Waals surface area contributed by atoms with E-state index in [2.05, 4.69) is 13.8 Å². The van der Waals surface area contributed by atoms with E-state index < -0.39 is 0 Å². The first kappa shape index (κ1) is 24.4. The van der Waals surface area contributed by atoms with Crippen LogP contribution in [0.25, 0.3) is 0 Å². The second-order valence-electron chi connectivity index (χ2n) is 11.9. The van der Waals surface area contributed by atoms with Gasteiger partial charge in [0, 0.05) is 34.6 Å². The lowest BCUT2D eigenvalue weighted by Crippen LogP contribution is -2.52. The Hall–Kier alpha value is -1.92. The second kappa shape index (κ2) is 8.56. The van der Waals surface area contributed by atoms with Crippen LogP contribution >= 0.6 is 22.9 Å². The zero-order chi connectivity index (χ0) is 25.4. The normalized spacial score (nSPS) is 34.9. The van der Waals surface area contributed by atoms with Crippen molar-refractivity contribution < 1.29 is 14.3 Å². The van der Waals surface area contributed by atoms with E-state index >= 15 is 0 Å². The molecule has 4 aliphatic carbocycles. The molecule has 1 heterocycles. The molecule has 0 bridgehead atoms. The molecule has 0 radical (unpaired) electrons. The van der Waals surface area contributed by atoms with Crippen LogP contribution in [0.15, 0.2) is 18.2 Å². The number of carbonyl (C=O) groups excluding carboxylic acids is 2. The molecule has 1 aromatic heterocycles. The number of carbonyl (C=O) groups is 2. The monoisotopic (exact) mass is 526 g/mol. The molecule has 1 amide bonds. The summed E-state index contributed by atoms with van der Waals surface area (Å²) in [6.45, 7) is 6.34. The molecule has 3 fully saturated rings. The lowest BCUT2D eigenvalue weighted by atomic mass is 9.46. The van der Waals surface area contributed by atoms with E-state index in [1.807, 2.05) is 0 Å². The van der Waals surface area contributed by atoms with Crippen LogP contribution in [0, 0.1) is 28.6 Å². The molecule has 0 N–H and O–H groups in total. The second-order valence-corrected chi connectivity index (χ2v) is 13.4. The largest absolute Gasteiger partial charge is 0.495 e. The van der Waals surface area contributed by atoms with Crippen LogP contribution in [0.3, 0.4) is 0 Å². The lowest BCUT2D eigenvalue weighted by Gasteiger charge is -2.59. The summed E-state index contributed by atoms with van der Waals surface area (Å²) in [5.74, 6) is 3.35. The third kappa shape index (κ3) is 3.43. The maximum Gasteiger partial charge on any atom is 0.230 e. The third-order valence-electron chi connectivity index (χ3n) is 10.4. The molecule has 0 aliphatic heterocycles. The summed E-state index contributed by atoms with van der Waals surface area (Å²) in [6, 6.07) is 5.34. The highest BCUT2D eigenvalue weighted by Crippen LogP contribution is 2.67. The van der Waals surface area contributed by atoms with Gasteiger partial charge in [0.05, 0.1) is 18.5 Å². The number of aryl methyl sites for hydroxylation is 1. The molecular weight excluding hydrogens is 492 g/mol. The standard InChI is InChI=1S/C29H35ClN2O3S/c1-16(33)32(23-15-17(30)5-9-24(23)35-4)27-31-22-12-14-28(2)20-11-13-29(3)19(8-10-25(29)34)18(20)6-7-21(28)26(22)36-27/h5,9,15,18-21H,6-8,10-14H2,1-4H3/t18-,19-,20-,21?,28+,29-/m0/s1. The number of ether oxygens (including phenoxy) is 1. The number of benzene rings is 1. The van der Waals surface area contributed by atoms with E-state index in [1.54, 1.807) is 48.5 Å². The Labute approximate surface area is 222 Å². The van der Waals surface area contributed by atoms with Gasteiger partial charge in [-0.2, -0.15) is 0 Å². The maximum absolute atomic E-state index is 12.9. The summed E-state index contributed by atoms with van der Waals surface area (Å²) < 4.78 is 5.57. The van der Waals surface area contributed by atoms with E-state index in [1.165, 1.54) is 11.3 Å². The van der Waals surface area contributed by atoms with Gasteiger partial charge >= 0.3 is 0 Å². The third-order valence-corrected chi connectivity index (χ3v) is 11.8. The number of rotatable bonds is 3. The highest BCUT2D eigenvalue weighted by atomic mass is 35.5. The van der Waals surface area contributed by atoms with Crippen molar-refractivity contribution >= 4 is 45.4 Å². The molecule has 3 saturated carbocycles. The van der Waals surface area contributed by atoms with Crippen molar-refractivity contribution in [1.29, 1.82) is 0 Å². The van der Waals surface area contributed by atoms with Gasteiger partial charge in [0.25, 0.3) is 0 Å². The Bertz CT molecular complexity index is 1240. The zero-order valence-corrected chi connectivity index (χ0v) is 23.2. The quantitative estimate of drug-likeness (QED) is 0.420. The van der Waals surface area contributed by atoms with Gasteiger partial charge in [-0.25, -0.2) is 4.98 Å². The van der Waals surface area contributed by atoms with Crippen molar-refractivity contribution in [3.8, 4) is 5.75 Å². The van der Waals surface area contributed by atoms with Crippen molar-refractivity contribution in [2.45, 2.75) is 78.1 Å². The average Bonchev–Trinajstić information content (AvgIpc) is 3.39. The summed E-state index contributed by atoms with van der Waals surface area (Å²) in [5, 5.41) is 1.26. The maximum atomic E-state index is 12.9. The lowest BCUT2D eigenvalue weighted by molar-refractivity contribution is -0.134. The summed E-state index contributed by atoms with van der Waals surface area (Å²) in [7, 11) is 1.61. The first-order valence-corrected chi connectivity index (χ1v) is 14.5. The Morgan fingerprint density at radius 2 is 1.94 bits per heavy atom. The molecule has 1 unspecified atom stereocenters. The average molecular weight is 527 g/mol. The Balaban J connectivity index is 1.36. The number of hydrogen-bond donors (Lipinski definition) is 0. The van der Waals surface area contributed by atoms with Gasteiger partial charge in [0.2, 0.25) is 5.91 Å². The minimum Gasteiger partial charge on any atom is -0.495 e. The number of ketones is 1. The van der Waals surface area contributed by atoms with Gasteiger partial charge < -0.3 is 4.74 Å². The van der Waals surface area contributed by atoms with Gasteiger partial charge in [-0.1, -0.05) is 25.4 Å². The summed E-state index contributed by atoms with van der Waals surface area (Å²) >= 11 is 7.99. The number of thiazole rings is 1. The van der Waals surface area contributed by atoms with Crippen LogP contribution in [0.1, 0.15) is 82.2 Å². The van der Waals surface area contributed by atoms with Gasteiger partial charge in [-0.15, -0.1) is 11.3 Å². The number of fused-ring (bicyclic) bond motifs is 7. The molecule has 1 aromatic carbocycles. The van der Waals surface area contributed by atoms with Crippen LogP contribution in [0.4, 0.5) is 10.8 Å². The Kier molecular flexibility index (Phi) is 5.80. The summed E-state index contributed by atoms with van der Waals surface area (Å²) in [6.07, 6.45) is 8.50. The molecule has 36 heavy (non-hydrogen) atoms. The zero-order valence-electron chi connectivity index (χ0n) is 21.6. The highest BCUT2D eigenvalue weighted by Gasteiger charge is 2.60. The molecule has 2 aromatic rings. The van der Waals surface area contributed by atoms with Crippen molar-refractivity contribution in [3.63, 3.8) is 0 Å². The minimum atomic E-state index is -0.106. The Morgan fingerprint density at radius 1 is 1.14 bits per heavy atom. The van der Waals surface area contributed by atoms with Crippen molar-refractivity contribution in [3.05, 3.63) is 33.8 Å². The van der Waals surface area contributed by atoms with Crippen molar-refractivity contribution in [1.82, 2.24) is 4.98 Å². The van der Waals surface area contributed by atoms with Crippen molar-refractivity contribution in [2.24, 2.45) is 28.6 Å². The van der Waals surface area contributed by atoms with E-state index in [0.29, 0.717) is 51.0 Å². The molecule has 7 heteroatoms. The first-order chi connectivity index (χ1) is 17.2. The SMILES string of the molecule is COc1ccc(Cl)cc1N(C(C)=O)c1nc2c(s1)C1CC[C@@H]3[C@H](CC[C@]4(C)C(=O)CC[C@@H]34)[C@@]1(C)CC2. The number of methoxy groups -OCH3 is 1.